The molecule has 10 nitrogen and oxygen atoms in total. The molecule has 1 fully saturated rings. The highest BCUT2D eigenvalue weighted by Crippen LogP contribution is 2.26. The highest BCUT2D eigenvalue weighted by atomic mass is 32.1. The number of aliphatic imine (C=N–C) groups is 1. The van der Waals surface area contributed by atoms with Gasteiger partial charge < -0.3 is 22.5 Å². The van der Waals surface area contributed by atoms with Gasteiger partial charge in [0.25, 0.3) is 0 Å². The van der Waals surface area contributed by atoms with E-state index in [2.05, 4.69) is 15.3 Å². The summed E-state index contributed by atoms with van der Waals surface area (Å²) in [6, 6.07) is 7.49. The molecule has 1 aliphatic rings. The zero-order valence-corrected chi connectivity index (χ0v) is 19.4. The molecule has 33 heavy (non-hydrogen) atoms. The van der Waals surface area contributed by atoms with Gasteiger partial charge in [-0.3, -0.25) is 19.3 Å². The van der Waals surface area contributed by atoms with Gasteiger partial charge in [0.15, 0.2) is 16.9 Å². The molecule has 0 radical (unpaired) electrons. The number of aryl methyl sites for hydroxylation is 2. The molecule has 1 aliphatic heterocycles. The average Bonchev–Trinajstić information content (AvgIpc) is 3.15. The summed E-state index contributed by atoms with van der Waals surface area (Å²) >= 11 is 1.20. The van der Waals surface area contributed by atoms with E-state index in [1.54, 1.807) is 0 Å². The molecule has 176 valence electrons. The van der Waals surface area contributed by atoms with E-state index in [9.17, 15) is 14.4 Å². The van der Waals surface area contributed by atoms with Gasteiger partial charge in [-0.15, -0.1) is 0 Å². The number of nitrogens with one attached hydrogen (secondary N) is 1. The fourth-order valence-electron chi connectivity index (χ4n) is 3.74. The Balaban J connectivity index is 1.68. The fourth-order valence-corrected chi connectivity index (χ4v) is 4.73. The van der Waals surface area contributed by atoms with Crippen molar-refractivity contribution in [3.05, 3.63) is 40.4 Å². The number of carbonyl (C=O) groups is 3. The molecule has 0 atom stereocenters. The largest absolute Gasteiger partial charge is 0.370 e. The molecule has 7 N–H and O–H groups in total. The summed E-state index contributed by atoms with van der Waals surface area (Å²) in [5.41, 5.74) is 18.6. The molecule has 0 saturated carbocycles. The lowest BCUT2D eigenvalue weighted by molar-refractivity contribution is -0.123. The molecule has 1 aromatic carbocycles. The van der Waals surface area contributed by atoms with Gasteiger partial charge in [-0.05, 0) is 56.5 Å². The van der Waals surface area contributed by atoms with E-state index < -0.39 is 0 Å². The fraction of sp³-hybridized carbons (Fsp3) is 0.409. The zero-order chi connectivity index (χ0) is 24.0. The molecule has 1 saturated heterocycles. The maximum atomic E-state index is 13.1. The highest BCUT2D eigenvalue weighted by Gasteiger charge is 2.26. The van der Waals surface area contributed by atoms with Gasteiger partial charge in [0, 0.05) is 12.8 Å². The number of Topliss-reactive ketones (excluding diaryl/α,β-unsaturated/α-hetero) is 1. The third-order valence-electron chi connectivity index (χ3n) is 5.44. The summed E-state index contributed by atoms with van der Waals surface area (Å²) < 4.78 is 0. The number of thiazole rings is 1. The predicted octanol–water partition coefficient (Wildman–Crippen LogP) is 1.17. The molecule has 1 aromatic heterocycles. The predicted molar refractivity (Wildman–Crippen MR) is 128 cm³/mol. The smallest absolute Gasteiger partial charge is 0.223 e. The van der Waals surface area contributed by atoms with E-state index in [1.165, 1.54) is 18.3 Å². The monoisotopic (exact) mass is 471 g/mol. The lowest BCUT2D eigenvalue weighted by Crippen LogP contribution is -2.40. The third kappa shape index (κ3) is 7.09. The molecule has 0 unspecified atom stereocenters. The molecule has 0 aliphatic carbocycles. The topological polar surface area (TPSA) is 170 Å². The van der Waals surface area contributed by atoms with E-state index in [1.807, 2.05) is 29.2 Å². The van der Waals surface area contributed by atoms with Crippen LogP contribution in [0.1, 0.15) is 40.7 Å². The number of primary amides is 1. The van der Waals surface area contributed by atoms with Crippen LogP contribution in [0, 0.1) is 5.92 Å². The first kappa shape index (κ1) is 24.3. The molecule has 11 heteroatoms. The van der Waals surface area contributed by atoms with Crippen LogP contribution in [0.15, 0.2) is 29.3 Å². The second-order valence-corrected chi connectivity index (χ2v) is 9.05. The standard InChI is InChI=1S/C22H29N7O3S/c1-13(30)26-22-28-17(7-4-14-2-5-16(6-3-14)27-21(24)25)19(33-22)18(31)12-29-10-8-15(9-11-29)20(23)32/h2-3,5-6,15H,4,7-12H2,1H3,(H2,23,32)(H4,24,25,27)(H,26,28,30). The number of aromatic nitrogens is 1. The maximum absolute atomic E-state index is 13.1. The summed E-state index contributed by atoms with van der Waals surface area (Å²) in [5, 5.41) is 3.09. The number of carbonyl (C=O) groups excluding carboxylic acids is 3. The Labute approximate surface area is 196 Å². The summed E-state index contributed by atoms with van der Waals surface area (Å²) in [6.45, 7) is 2.94. The van der Waals surface area contributed by atoms with Crippen LogP contribution in [0.5, 0.6) is 0 Å². The number of piperidine rings is 1. The molecule has 2 aromatic rings. The minimum absolute atomic E-state index is 0.00210. The number of anilines is 1. The number of hydrogen-bond donors (Lipinski definition) is 4. The lowest BCUT2D eigenvalue weighted by Gasteiger charge is -2.29. The Morgan fingerprint density at radius 2 is 1.79 bits per heavy atom. The van der Waals surface area contributed by atoms with Crippen molar-refractivity contribution in [3.63, 3.8) is 0 Å². The van der Waals surface area contributed by atoms with Gasteiger partial charge in [0.1, 0.15) is 0 Å². The Hall–Kier alpha value is -3.31. The molecular weight excluding hydrogens is 442 g/mol. The van der Waals surface area contributed by atoms with Crippen molar-refractivity contribution in [2.45, 2.75) is 32.6 Å². The molecule has 0 spiro atoms. The molecular formula is C22H29N7O3S. The Bertz CT molecular complexity index is 1040. The zero-order valence-electron chi connectivity index (χ0n) is 18.5. The van der Waals surface area contributed by atoms with Crippen LogP contribution in [-0.2, 0) is 22.4 Å². The van der Waals surface area contributed by atoms with Crippen molar-refractivity contribution in [3.8, 4) is 0 Å². The first-order valence-corrected chi connectivity index (χ1v) is 11.5. The van der Waals surface area contributed by atoms with E-state index in [0.29, 0.717) is 60.2 Å². The van der Waals surface area contributed by atoms with Crippen LogP contribution >= 0.6 is 11.3 Å². The quantitative estimate of drug-likeness (QED) is 0.242. The number of guanidine groups is 1. The van der Waals surface area contributed by atoms with Gasteiger partial charge in [-0.1, -0.05) is 23.5 Å². The second-order valence-electron chi connectivity index (χ2n) is 8.06. The van der Waals surface area contributed by atoms with Crippen molar-refractivity contribution in [2.24, 2.45) is 28.1 Å². The first-order chi connectivity index (χ1) is 15.7. The molecule has 2 heterocycles. The summed E-state index contributed by atoms with van der Waals surface area (Å²) in [7, 11) is 0. The van der Waals surface area contributed by atoms with Gasteiger partial charge in [0.2, 0.25) is 11.8 Å². The highest BCUT2D eigenvalue weighted by molar-refractivity contribution is 7.17. The van der Waals surface area contributed by atoms with Crippen molar-refractivity contribution in [1.82, 2.24) is 9.88 Å². The molecule has 3 rings (SSSR count). The average molecular weight is 472 g/mol. The van der Waals surface area contributed by atoms with Gasteiger partial charge >= 0.3 is 0 Å². The minimum Gasteiger partial charge on any atom is -0.370 e. The van der Waals surface area contributed by atoms with Crippen molar-refractivity contribution >= 4 is 45.7 Å². The molecule has 0 bridgehead atoms. The van der Waals surface area contributed by atoms with E-state index in [4.69, 9.17) is 17.2 Å². The third-order valence-corrected chi connectivity index (χ3v) is 6.49. The van der Waals surface area contributed by atoms with Crippen LogP contribution in [-0.4, -0.2) is 53.1 Å². The number of amides is 2. The van der Waals surface area contributed by atoms with Gasteiger partial charge in [-0.25, -0.2) is 9.98 Å². The Kier molecular flexibility index (Phi) is 8.12. The van der Waals surface area contributed by atoms with Crippen LogP contribution in [0.25, 0.3) is 0 Å². The van der Waals surface area contributed by atoms with Crippen LogP contribution < -0.4 is 22.5 Å². The number of nitrogens with zero attached hydrogens (tertiary/aromatic N) is 3. The summed E-state index contributed by atoms with van der Waals surface area (Å²) in [6.07, 6.45) is 2.52. The second kappa shape index (κ2) is 11.0. The first-order valence-electron chi connectivity index (χ1n) is 10.7. The normalized spacial score (nSPS) is 14.6. The van der Waals surface area contributed by atoms with Crippen molar-refractivity contribution in [2.75, 3.05) is 25.0 Å². The maximum Gasteiger partial charge on any atom is 0.223 e. The number of benzene rings is 1. The summed E-state index contributed by atoms with van der Waals surface area (Å²) in [4.78, 5) is 47.0. The van der Waals surface area contributed by atoms with Crippen LogP contribution in [0.3, 0.4) is 0 Å². The number of ketones is 1. The van der Waals surface area contributed by atoms with Gasteiger partial charge in [-0.2, -0.15) is 0 Å². The van der Waals surface area contributed by atoms with E-state index >= 15 is 0 Å². The van der Waals surface area contributed by atoms with Gasteiger partial charge in [0.05, 0.1) is 22.8 Å². The summed E-state index contributed by atoms with van der Waals surface area (Å²) in [5.74, 6) is -0.687. The molecule has 2 amide bonds. The number of likely N-dealkylation sites (tertiary alicyclic amines) is 1. The van der Waals surface area contributed by atoms with Crippen LogP contribution in [0.4, 0.5) is 10.8 Å². The minimum atomic E-state index is -0.281. The Morgan fingerprint density at radius 3 is 2.36 bits per heavy atom. The lowest BCUT2D eigenvalue weighted by atomic mass is 9.96. The van der Waals surface area contributed by atoms with Crippen molar-refractivity contribution < 1.29 is 14.4 Å². The van der Waals surface area contributed by atoms with Crippen LogP contribution in [0.2, 0.25) is 0 Å². The number of hydrogen-bond acceptors (Lipinski definition) is 7. The van der Waals surface area contributed by atoms with Crippen molar-refractivity contribution in [1.29, 1.82) is 0 Å². The SMILES string of the molecule is CC(=O)Nc1nc(CCc2ccc(N=C(N)N)cc2)c(C(=O)CN2CCC(C(N)=O)CC2)s1. The van der Waals surface area contributed by atoms with E-state index in [-0.39, 0.29) is 36.0 Å². The Morgan fingerprint density at radius 1 is 1.12 bits per heavy atom. The van der Waals surface area contributed by atoms with E-state index in [0.717, 1.165) is 5.56 Å². The number of nitrogens with two attached hydrogens (primary N) is 3. The number of rotatable bonds is 9.